The van der Waals surface area contributed by atoms with Crippen molar-refractivity contribution >= 4 is 11.6 Å². The van der Waals surface area contributed by atoms with Crippen LogP contribution in [0.25, 0.3) is 0 Å². The van der Waals surface area contributed by atoms with E-state index in [4.69, 9.17) is 4.42 Å². The Morgan fingerprint density at radius 2 is 1.57 bits per heavy atom. The third-order valence-corrected chi connectivity index (χ3v) is 3.58. The molecule has 0 saturated heterocycles. The lowest BCUT2D eigenvalue weighted by Crippen LogP contribution is -2.15. The Balaban J connectivity index is 2.39. The van der Waals surface area contributed by atoms with E-state index in [9.17, 15) is 4.79 Å². The molecule has 0 aliphatic rings. The summed E-state index contributed by atoms with van der Waals surface area (Å²) in [4.78, 5) is 12.4. The molecule has 0 saturated carbocycles. The first-order valence-electron chi connectivity index (χ1n) is 7.40. The van der Waals surface area contributed by atoms with E-state index in [1.165, 1.54) is 0 Å². The van der Waals surface area contributed by atoms with Gasteiger partial charge in [0, 0.05) is 5.69 Å². The standard InChI is InChI=1S/C18H23NO2/c1-11(2)14-7-6-8-15(12(3)4)17(14)19-18(20)16-10-9-13(5)21-16/h6-12H,1-5H3,(H,19,20). The van der Waals surface area contributed by atoms with Crippen LogP contribution in [0.15, 0.2) is 34.7 Å². The van der Waals surface area contributed by atoms with Crippen LogP contribution in [0.5, 0.6) is 0 Å². The molecule has 0 fully saturated rings. The Bertz CT molecular complexity index is 612. The number of hydrogen-bond acceptors (Lipinski definition) is 2. The monoisotopic (exact) mass is 285 g/mol. The number of furan rings is 1. The molecule has 3 heteroatoms. The molecular formula is C18H23NO2. The van der Waals surface area contributed by atoms with Gasteiger partial charge in [0.15, 0.2) is 5.76 Å². The molecule has 0 aliphatic heterocycles. The van der Waals surface area contributed by atoms with Gasteiger partial charge in [-0.1, -0.05) is 45.9 Å². The number of amides is 1. The van der Waals surface area contributed by atoms with Crippen LogP contribution in [-0.2, 0) is 0 Å². The third-order valence-electron chi connectivity index (χ3n) is 3.58. The first kappa shape index (κ1) is 15.4. The number of para-hydroxylation sites is 1. The van der Waals surface area contributed by atoms with Crippen LogP contribution < -0.4 is 5.32 Å². The van der Waals surface area contributed by atoms with Crippen LogP contribution in [0.3, 0.4) is 0 Å². The summed E-state index contributed by atoms with van der Waals surface area (Å²) in [5, 5.41) is 3.04. The van der Waals surface area contributed by atoms with Gasteiger partial charge in [-0.25, -0.2) is 0 Å². The summed E-state index contributed by atoms with van der Waals surface area (Å²) in [5.41, 5.74) is 3.22. The average Bonchev–Trinajstić information content (AvgIpc) is 2.85. The number of benzene rings is 1. The predicted octanol–water partition coefficient (Wildman–Crippen LogP) is 5.09. The first-order valence-corrected chi connectivity index (χ1v) is 7.40. The van der Waals surface area contributed by atoms with Gasteiger partial charge in [0.25, 0.3) is 5.91 Å². The molecule has 0 spiro atoms. The Morgan fingerprint density at radius 3 is 2.00 bits per heavy atom. The average molecular weight is 285 g/mol. The van der Waals surface area contributed by atoms with Gasteiger partial charge >= 0.3 is 0 Å². The van der Waals surface area contributed by atoms with Gasteiger partial charge in [0.05, 0.1) is 0 Å². The van der Waals surface area contributed by atoms with Gasteiger partial charge in [-0.05, 0) is 42.0 Å². The zero-order valence-corrected chi connectivity index (χ0v) is 13.4. The van der Waals surface area contributed by atoms with Crippen molar-refractivity contribution in [3.8, 4) is 0 Å². The zero-order valence-electron chi connectivity index (χ0n) is 13.4. The smallest absolute Gasteiger partial charge is 0.291 e. The molecule has 2 aromatic rings. The summed E-state index contributed by atoms with van der Waals surface area (Å²) in [6.07, 6.45) is 0. The summed E-state index contributed by atoms with van der Waals surface area (Å²) in [6.45, 7) is 10.4. The van der Waals surface area contributed by atoms with Gasteiger partial charge in [-0.2, -0.15) is 0 Å². The van der Waals surface area contributed by atoms with Crippen molar-refractivity contribution in [1.82, 2.24) is 0 Å². The van der Waals surface area contributed by atoms with Gasteiger partial charge in [-0.3, -0.25) is 4.79 Å². The molecule has 2 rings (SSSR count). The van der Waals surface area contributed by atoms with Crippen LogP contribution in [-0.4, -0.2) is 5.91 Å². The quantitative estimate of drug-likeness (QED) is 0.850. The van der Waals surface area contributed by atoms with Crippen LogP contribution in [0.4, 0.5) is 5.69 Å². The Morgan fingerprint density at radius 1 is 1.00 bits per heavy atom. The molecule has 1 aromatic carbocycles. The van der Waals surface area contributed by atoms with E-state index < -0.39 is 0 Å². The number of carbonyl (C=O) groups excluding carboxylic acids is 1. The number of anilines is 1. The second-order valence-electron chi connectivity index (χ2n) is 5.99. The molecule has 0 bridgehead atoms. The normalized spacial score (nSPS) is 11.2. The molecule has 1 N–H and O–H groups in total. The van der Waals surface area contributed by atoms with Gasteiger partial charge in [0.2, 0.25) is 0 Å². The number of aryl methyl sites for hydroxylation is 1. The lowest BCUT2D eigenvalue weighted by Gasteiger charge is -2.19. The van der Waals surface area contributed by atoms with Crippen molar-refractivity contribution < 1.29 is 9.21 Å². The second-order valence-corrected chi connectivity index (χ2v) is 5.99. The molecule has 0 aliphatic carbocycles. The fraction of sp³-hybridized carbons (Fsp3) is 0.389. The van der Waals surface area contributed by atoms with Crippen LogP contribution in [0.1, 0.15) is 67.0 Å². The van der Waals surface area contributed by atoms with Crippen molar-refractivity contribution in [3.63, 3.8) is 0 Å². The number of hydrogen-bond donors (Lipinski definition) is 1. The molecule has 3 nitrogen and oxygen atoms in total. The lowest BCUT2D eigenvalue weighted by atomic mass is 9.92. The number of nitrogens with one attached hydrogen (secondary N) is 1. The van der Waals surface area contributed by atoms with E-state index in [-0.39, 0.29) is 5.91 Å². The maximum atomic E-state index is 12.4. The van der Waals surface area contributed by atoms with Crippen LogP contribution in [0, 0.1) is 6.92 Å². The zero-order chi connectivity index (χ0) is 15.6. The van der Waals surface area contributed by atoms with E-state index in [1.54, 1.807) is 12.1 Å². The molecule has 0 atom stereocenters. The lowest BCUT2D eigenvalue weighted by molar-refractivity contribution is 0.0995. The van der Waals surface area contributed by atoms with Gasteiger partial charge in [-0.15, -0.1) is 0 Å². The van der Waals surface area contributed by atoms with E-state index in [0.29, 0.717) is 17.6 Å². The van der Waals surface area contributed by atoms with Crippen molar-refractivity contribution in [1.29, 1.82) is 0 Å². The molecule has 0 radical (unpaired) electrons. The number of rotatable bonds is 4. The molecule has 21 heavy (non-hydrogen) atoms. The molecule has 0 unspecified atom stereocenters. The molecule has 112 valence electrons. The maximum Gasteiger partial charge on any atom is 0.291 e. The van der Waals surface area contributed by atoms with Crippen molar-refractivity contribution in [2.75, 3.05) is 5.32 Å². The van der Waals surface area contributed by atoms with Gasteiger partial charge in [0.1, 0.15) is 5.76 Å². The van der Waals surface area contributed by atoms with E-state index >= 15 is 0 Å². The molecular weight excluding hydrogens is 262 g/mol. The SMILES string of the molecule is Cc1ccc(C(=O)Nc2c(C(C)C)cccc2C(C)C)o1. The largest absolute Gasteiger partial charge is 0.456 e. The minimum absolute atomic E-state index is 0.196. The van der Waals surface area contributed by atoms with E-state index in [0.717, 1.165) is 22.6 Å². The van der Waals surface area contributed by atoms with Gasteiger partial charge < -0.3 is 9.73 Å². The summed E-state index contributed by atoms with van der Waals surface area (Å²) in [5.74, 6) is 1.58. The Hall–Kier alpha value is -2.03. The summed E-state index contributed by atoms with van der Waals surface area (Å²) >= 11 is 0. The fourth-order valence-electron chi connectivity index (χ4n) is 2.43. The summed E-state index contributed by atoms with van der Waals surface area (Å²) < 4.78 is 5.41. The minimum Gasteiger partial charge on any atom is -0.456 e. The van der Waals surface area contributed by atoms with Crippen molar-refractivity contribution in [3.05, 3.63) is 53.0 Å². The fourth-order valence-corrected chi connectivity index (χ4v) is 2.43. The molecule has 1 aromatic heterocycles. The third kappa shape index (κ3) is 3.35. The van der Waals surface area contributed by atoms with E-state index in [2.05, 4.69) is 51.2 Å². The molecule has 1 heterocycles. The topological polar surface area (TPSA) is 42.2 Å². The Kier molecular flexibility index (Phi) is 4.51. The molecule has 1 amide bonds. The summed E-state index contributed by atoms with van der Waals surface area (Å²) in [7, 11) is 0. The highest BCUT2D eigenvalue weighted by atomic mass is 16.3. The van der Waals surface area contributed by atoms with E-state index in [1.807, 2.05) is 6.92 Å². The minimum atomic E-state index is -0.196. The highest BCUT2D eigenvalue weighted by molar-refractivity contribution is 6.03. The highest BCUT2D eigenvalue weighted by Gasteiger charge is 2.18. The maximum absolute atomic E-state index is 12.4. The number of carbonyl (C=O) groups is 1. The van der Waals surface area contributed by atoms with Crippen molar-refractivity contribution in [2.45, 2.75) is 46.5 Å². The van der Waals surface area contributed by atoms with Crippen LogP contribution >= 0.6 is 0 Å². The second kappa shape index (κ2) is 6.17. The highest BCUT2D eigenvalue weighted by Crippen LogP contribution is 2.32. The first-order chi connectivity index (χ1) is 9.90. The Labute approximate surface area is 126 Å². The van der Waals surface area contributed by atoms with Crippen LogP contribution in [0.2, 0.25) is 0 Å². The summed E-state index contributed by atoms with van der Waals surface area (Å²) in [6, 6.07) is 9.70. The predicted molar refractivity (Wildman–Crippen MR) is 86.0 cm³/mol. The van der Waals surface area contributed by atoms with Crippen molar-refractivity contribution in [2.24, 2.45) is 0 Å².